The minimum Gasteiger partial charge on any atom is -0.378 e. The number of nitrogens with zero attached hydrogens (tertiary/aromatic N) is 5. The number of rotatable bonds is 5. The Labute approximate surface area is 174 Å². The standard InChI is InChI=1S/C21H29N5O2S/c1-6-15(7-2)16-12-13(3)26-17(16)20(27)24(5)19(23-26)18-14(4)22-21(29-18)25-8-10-28-11-9-25/h12,15H,6-11H2,1-5H3. The second-order valence-corrected chi connectivity index (χ2v) is 8.69. The van der Waals surface area contributed by atoms with Gasteiger partial charge in [0.2, 0.25) is 0 Å². The topological polar surface area (TPSA) is 64.7 Å². The Morgan fingerprint density at radius 1 is 1.21 bits per heavy atom. The molecule has 0 N–H and O–H groups in total. The number of aryl methyl sites for hydroxylation is 2. The molecule has 0 saturated carbocycles. The maximum atomic E-state index is 13.4. The van der Waals surface area contributed by atoms with E-state index in [1.165, 1.54) is 0 Å². The number of morpholine rings is 1. The van der Waals surface area contributed by atoms with E-state index in [4.69, 9.17) is 14.8 Å². The maximum Gasteiger partial charge on any atom is 0.278 e. The molecule has 0 aromatic carbocycles. The maximum absolute atomic E-state index is 13.4. The zero-order valence-corrected chi connectivity index (χ0v) is 18.7. The Hall–Kier alpha value is -2.19. The van der Waals surface area contributed by atoms with Crippen LogP contribution in [0.5, 0.6) is 0 Å². The third kappa shape index (κ3) is 3.38. The van der Waals surface area contributed by atoms with Crippen molar-refractivity contribution in [3.63, 3.8) is 0 Å². The number of fused-ring (bicyclic) bond motifs is 1. The van der Waals surface area contributed by atoms with Crippen LogP contribution >= 0.6 is 11.3 Å². The van der Waals surface area contributed by atoms with Crippen molar-refractivity contribution in [1.82, 2.24) is 19.2 Å². The number of aromatic nitrogens is 4. The molecule has 156 valence electrons. The summed E-state index contributed by atoms with van der Waals surface area (Å²) in [6, 6.07) is 2.13. The highest BCUT2D eigenvalue weighted by molar-refractivity contribution is 7.19. The average molecular weight is 416 g/mol. The second-order valence-electron chi connectivity index (χ2n) is 7.71. The first-order chi connectivity index (χ1) is 14.0. The van der Waals surface area contributed by atoms with Gasteiger partial charge in [-0.05, 0) is 44.2 Å². The molecule has 0 spiro atoms. The summed E-state index contributed by atoms with van der Waals surface area (Å²) < 4.78 is 8.97. The van der Waals surface area contributed by atoms with Crippen LogP contribution < -0.4 is 10.5 Å². The van der Waals surface area contributed by atoms with Gasteiger partial charge in [-0.3, -0.25) is 9.36 Å². The summed E-state index contributed by atoms with van der Waals surface area (Å²) in [6.07, 6.45) is 2.02. The van der Waals surface area contributed by atoms with Gasteiger partial charge >= 0.3 is 0 Å². The minimum absolute atomic E-state index is 0.00530. The quantitative estimate of drug-likeness (QED) is 0.638. The Morgan fingerprint density at radius 2 is 1.90 bits per heavy atom. The van der Waals surface area contributed by atoms with Crippen LogP contribution in [-0.2, 0) is 11.8 Å². The predicted molar refractivity (Wildman–Crippen MR) is 117 cm³/mol. The van der Waals surface area contributed by atoms with Gasteiger partial charge < -0.3 is 9.64 Å². The molecule has 0 amide bonds. The normalized spacial score (nSPS) is 15.0. The molecule has 1 aliphatic heterocycles. The van der Waals surface area contributed by atoms with Gasteiger partial charge in [0.15, 0.2) is 11.0 Å². The molecular weight excluding hydrogens is 386 g/mol. The summed E-state index contributed by atoms with van der Waals surface area (Å²) in [6.45, 7) is 11.5. The van der Waals surface area contributed by atoms with Crippen LogP contribution in [0.3, 0.4) is 0 Å². The van der Waals surface area contributed by atoms with Crippen molar-refractivity contribution in [3.8, 4) is 10.7 Å². The number of thiazole rings is 1. The van der Waals surface area contributed by atoms with Gasteiger partial charge in [0.25, 0.3) is 5.56 Å². The molecule has 0 radical (unpaired) electrons. The number of ether oxygens (including phenoxy) is 1. The van der Waals surface area contributed by atoms with Crippen LogP contribution in [-0.4, -0.2) is 45.5 Å². The van der Waals surface area contributed by atoms with E-state index in [2.05, 4.69) is 24.8 Å². The van der Waals surface area contributed by atoms with Crippen molar-refractivity contribution < 1.29 is 4.74 Å². The molecule has 8 heteroatoms. The molecular formula is C21H29N5O2S. The van der Waals surface area contributed by atoms with Crippen molar-refractivity contribution in [1.29, 1.82) is 0 Å². The van der Waals surface area contributed by atoms with E-state index < -0.39 is 0 Å². The largest absolute Gasteiger partial charge is 0.378 e. The molecule has 1 saturated heterocycles. The molecule has 1 aliphatic rings. The summed E-state index contributed by atoms with van der Waals surface area (Å²) >= 11 is 1.60. The summed E-state index contributed by atoms with van der Waals surface area (Å²) in [5.74, 6) is 1.05. The monoisotopic (exact) mass is 415 g/mol. The van der Waals surface area contributed by atoms with Gasteiger partial charge in [-0.2, -0.15) is 0 Å². The third-order valence-corrected chi connectivity index (χ3v) is 7.11. The first-order valence-corrected chi connectivity index (χ1v) is 11.2. The van der Waals surface area contributed by atoms with Crippen molar-refractivity contribution in [2.45, 2.75) is 46.5 Å². The number of anilines is 1. The highest BCUT2D eigenvalue weighted by atomic mass is 32.1. The molecule has 0 atom stereocenters. The molecule has 29 heavy (non-hydrogen) atoms. The van der Waals surface area contributed by atoms with E-state index in [0.29, 0.717) is 17.3 Å². The van der Waals surface area contributed by atoms with Crippen LogP contribution in [0, 0.1) is 13.8 Å². The summed E-state index contributed by atoms with van der Waals surface area (Å²) in [5, 5.41) is 5.87. The zero-order chi connectivity index (χ0) is 20.7. The lowest BCUT2D eigenvalue weighted by atomic mass is 9.95. The predicted octanol–water partition coefficient (Wildman–Crippen LogP) is 3.51. The highest BCUT2D eigenvalue weighted by Crippen LogP contribution is 2.34. The summed E-state index contributed by atoms with van der Waals surface area (Å²) in [7, 11) is 1.82. The average Bonchev–Trinajstić information content (AvgIpc) is 3.27. The minimum atomic E-state index is 0.00530. The van der Waals surface area contributed by atoms with Gasteiger partial charge in [-0.25, -0.2) is 9.50 Å². The molecule has 0 aliphatic carbocycles. The van der Waals surface area contributed by atoms with Gasteiger partial charge in [0.1, 0.15) is 5.52 Å². The zero-order valence-electron chi connectivity index (χ0n) is 17.9. The molecule has 0 bridgehead atoms. The highest BCUT2D eigenvalue weighted by Gasteiger charge is 2.24. The van der Waals surface area contributed by atoms with Crippen LogP contribution in [0.15, 0.2) is 10.9 Å². The lowest BCUT2D eigenvalue weighted by molar-refractivity contribution is 0.122. The first kappa shape index (κ1) is 20.1. The number of hydrogen-bond acceptors (Lipinski definition) is 6. The van der Waals surface area contributed by atoms with Crippen molar-refractivity contribution in [2.75, 3.05) is 31.2 Å². The van der Waals surface area contributed by atoms with Crippen molar-refractivity contribution in [2.24, 2.45) is 7.05 Å². The molecule has 4 rings (SSSR count). The van der Waals surface area contributed by atoms with E-state index in [1.54, 1.807) is 15.9 Å². The van der Waals surface area contributed by atoms with Gasteiger partial charge in [0.05, 0.1) is 23.8 Å². The molecule has 4 heterocycles. The molecule has 1 fully saturated rings. The molecule has 3 aromatic heterocycles. The fraction of sp³-hybridized carbons (Fsp3) is 0.571. The van der Waals surface area contributed by atoms with Crippen LogP contribution in [0.2, 0.25) is 0 Å². The van der Waals surface area contributed by atoms with Crippen LogP contribution in [0.4, 0.5) is 5.13 Å². The Balaban J connectivity index is 1.86. The lowest BCUT2D eigenvalue weighted by Crippen LogP contribution is -2.36. The van der Waals surface area contributed by atoms with Gasteiger partial charge in [0, 0.05) is 25.8 Å². The Kier molecular flexibility index (Phi) is 5.48. The van der Waals surface area contributed by atoms with Crippen LogP contribution in [0.1, 0.15) is 49.6 Å². The van der Waals surface area contributed by atoms with Gasteiger partial charge in [-0.15, -0.1) is 5.10 Å². The van der Waals surface area contributed by atoms with Crippen molar-refractivity contribution >= 4 is 22.0 Å². The smallest absolute Gasteiger partial charge is 0.278 e. The van der Waals surface area contributed by atoms with E-state index in [-0.39, 0.29) is 5.56 Å². The third-order valence-electron chi connectivity index (χ3n) is 5.90. The molecule has 0 unspecified atom stereocenters. The van der Waals surface area contributed by atoms with E-state index >= 15 is 0 Å². The lowest BCUT2D eigenvalue weighted by Gasteiger charge is -2.26. The SMILES string of the molecule is CCC(CC)c1cc(C)n2nc(-c3sc(N4CCOCC4)nc3C)n(C)c(=O)c12. The van der Waals surface area contributed by atoms with Crippen LogP contribution in [0.25, 0.3) is 16.2 Å². The fourth-order valence-electron chi connectivity index (χ4n) is 4.13. The first-order valence-electron chi connectivity index (χ1n) is 10.4. The number of hydrogen-bond donors (Lipinski definition) is 0. The summed E-state index contributed by atoms with van der Waals surface area (Å²) in [5.41, 5.74) is 3.73. The molecule has 3 aromatic rings. The fourth-order valence-corrected chi connectivity index (χ4v) is 5.27. The Morgan fingerprint density at radius 3 is 2.55 bits per heavy atom. The van der Waals surface area contributed by atoms with E-state index in [1.807, 2.05) is 25.4 Å². The summed E-state index contributed by atoms with van der Waals surface area (Å²) in [4.78, 5) is 21.3. The van der Waals surface area contributed by atoms with E-state index in [0.717, 1.165) is 66.1 Å². The Bertz CT molecular complexity index is 1090. The van der Waals surface area contributed by atoms with Gasteiger partial charge in [-0.1, -0.05) is 25.2 Å². The molecule has 7 nitrogen and oxygen atoms in total. The van der Waals surface area contributed by atoms with Crippen molar-refractivity contribution in [3.05, 3.63) is 33.4 Å². The second kappa shape index (κ2) is 7.91. The van der Waals surface area contributed by atoms with E-state index in [9.17, 15) is 4.79 Å².